The van der Waals surface area contributed by atoms with Gasteiger partial charge in [0.1, 0.15) is 12.7 Å². The van der Waals surface area contributed by atoms with Crippen LogP contribution < -0.4 is 0 Å². The van der Waals surface area contributed by atoms with E-state index in [4.69, 9.17) is 18.9 Å². The van der Waals surface area contributed by atoms with Gasteiger partial charge in [-0.15, -0.1) is 0 Å². The number of hydrogen-bond acceptors (Lipinski definition) is 8. The zero-order valence-corrected chi connectivity index (χ0v) is 36.7. The van der Waals surface area contributed by atoms with E-state index in [1.165, 1.54) is 154 Å². The van der Waals surface area contributed by atoms with E-state index in [0.29, 0.717) is 25.7 Å². The smallest absolute Gasteiger partial charge is 0.306 e. The molecule has 8 nitrogen and oxygen atoms in total. The Labute approximate surface area is 339 Å². The topological polar surface area (TPSA) is 91.4 Å². The third-order valence-corrected chi connectivity index (χ3v) is 11.1. The van der Waals surface area contributed by atoms with Crippen LogP contribution in [0.15, 0.2) is 0 Å². The van der Waals surface area contributed by atoms with Gasteiger partial charge in [0.15, 0.2) is 12.2 Å². The normalized spacial score (nSPS) is 16.9. The van der Waals surface area contributed by atoms with Crippen molar-refractivity contribution >= 4 is 17.9 Å². The molecule has 0 N–H and O–H groups in total. The van der Waals surface area contributed by atoms with E-state index in [1.54, 1.807) is 0 Å². The molecular formula is C47H89NO7. The van der Waals surface area contributed by atoms with Gasteiger partial charge in [0.25, 0.3) is 0 Å². The summed E-state index contributed by atoms with van der Waals surface area (Å²) in [5.41, 5.74) is 0. The van der Waals surface area contributed by atoms with Crippen LogP contribution >= 0.6 is 0 Å². The summed E-state index contributed by atoms with van der Waals surface area (Å²) in [6, 6.07) is 0. The molecule has 0 unspecified atom stereocenters. The number of rotatable bonds is 40. The summed E-state index contributed by atoms with van der Waals surface area (Å²) >= 11 is 0. The summed E-state index contributed by atoms with van der Waals surface area (Å²) in [6.07, 6.45) is 37.7. The zero-order valence-electron chi connectivity index (χ0n) is 36.7. The van der Waals surface area contributed by atoms with Crippen molar-refractivity contribution in [2.24, 2.45) is 0 Å². The first kappa shape index (κ1) is 51.3. The van der Waals surface area contributed by atoms with Gasteiger partial charge < -0.3 is 23.8 Å². The van der Waals surface area contributed by atoms with E-state index in [1.807, 2.05) is 19.0 Å². The molecule has 1 aliphatic rings. The average molecular weight is 780 g/mol. The van der Waals surface area contributed by atoms with Crippen molar-refractivity contribution in [2.75, 3.05) is 33.9 Å². The highest BCUT2D eigenvalue weighted by molar-refractivity contribution is 5.71. The summed E-state index contributed by atoms with van der Waals surface area (Å²) in [4.78, 5) is 40.2. The first-order valence-corrected chi connectivity index (χ1v) is 23.7. The van der Waals surface area contributed by atoms with Crippen LogP contribution in [0.3, 0.4) is 0 Å². The van der Waals surface area contributed by atoms with Crippen molar-refractivity contribution in [3.8, 4) is 0 Å². The number of carbonyl (C=O) groups is 3. The van der Waals surface area contributed by atoms with Crippen LogP contribution in [0.4, 0.5) is 0 Å². The van der Waals surface area contributed by atoms with Crippen molar-refractivity contribution in [1.82, 2.24) is 4.90 Å². The summed E-state index contributed by atoms with van der Waals surface area (Å²) in [6.45, 7) is 5.44. The predicted octanol–water partition coefficient (Wildman–Crippen LogP) is 12.6. The van der Waals surface area contributed by atoms with Gasteiger partial charge >= 0.3 is 17.9 Å². The van der Waals surface area contributed by atoms with E-state index in [9.17, 15) is 14.4 Å². The van der Waals surface area contributed by atoms with Crippen molar-refractivity contribution in [3.05, 3.63) is 0 Å². The highest BCUT2D eigenvalue weighted by Gasteiger charge is 2.43. The molecule has 324 valence electrons. The fourth-order valence-electron chi connectivity index (χ4n) is 7.55. The third kappa shape index (κ3) is 32.0. The molecule has 3 atom stereocenters. The molecule has 1 fully saturated rings. The van der Waals surface area contributed by atoms with Gasteiger partial charge in [0.2, 0.25) is 0 Å². The van der Waals surface area contributed by atoms with E-state index in [-0.39, 0.29) is 31.1 Å². The lowest BCUT2D eigenvalue weighted by Gasteiger charge is -2.23. The Kier molecular flexibility index (Phi) is 35.4. The van der Waals surface area contributed by atoms with Gasteiger partial charge in [0, 0.05) is 19.3 Å². The number of carbonyl (C=O) groups excluding carboxylic acids is 3. The fourth-order valence-corrected chi connectivity index (χ4v) is 7.55. The fraction of sp³-hybridized carbons (Fsp3) is 0.936. The van der Waals surface area contributed by atoms with Crippen LogP contribution in [-0.4, -0.2) is 75.0 Å². The van der Waals surface area contributed by atoms with E-state index in [0.717, 1.165) is 45.1 Å². The molecule has 0 radical (unpaired) electrons. The van der Waals surface area contributed by atoms with Crippen LogP contribution in [0, 0.1) is 0 Å². The SMILES string of the molecule is CCCCCCCCCCCCCCCCCC(=O)O[C@@H]1[C@@H](OC(=O)CCCCCCCCCCCCCCCCC)CO[C@@H]1COC(=O)CCCN(C)C. The largest absolute Gasteiger partial charge is 0.463 e. The molecule has 1 aliphatic heterocycles. The second kappa shape index (κ2) is 37.9. The molecule has 0 aromatic heterocycles. The number of nitrogens with zero attached hydrogens (tertiary/aromatic N) is 1. The highest BCUT2D eigenvalue weighted by atomic mass is 16.6. The first-order valence-electron chi connectivity index (χ1n) is 23.7. The summed E-state index contributed by atoms with van der Waals surface area (Å²) in [5, 5.41) is 0. The molecule has 0 aliphatic carbocycles. The molecule has 0 aromatic rings. The minimum atomic E-state index is -0.775. The summed E-state index contributed by atoms with van der Waals surface area (Å²) in [5.74, 6) is -0.897. The zero-order chi connectivity index (χ0) is 40.0. The summed E-state index contributed by atoms with van der Waals surface area (Å²) in [7, 11) is 3.94. The van der Waals surface area contributed by atoms with Crippen molar-refractivity contribution in [3.63, 3.8) is 0 Å². The molecular weight excluding hydrogens is 691 g/mol. The maximum atomic E-state index is 13.0. The quantitative estimate of drug-likeness (QED) is 0.0345. The van der Waals surface area contributed by atoms with Crippen LogP contribution in [0.5, 0.6) is 0 Å². The standard InChI is InChI=1S/C47H89NO7/c1-5-7-9-11-13-15-17-19-21-23-25-27-29-31-33-36-45(50)54-43-41-52-42(40-53-44(49)38-35-39-48(3)4)47(43)55-46(51)37-34-32-30-28-26-24-22-20-18-16-14-12-10-8-6-2/h42-43,47H,5-41H2,1-4H3/t42-,43+,47+/m1/s1. The number of unbranched alkanes of at least 4 members (excludes halogenated alkanes) is 28. The Bertz CT molecular complexity index is 897. The Hall–Kier alpha value is -1.67. The maximum absolute atomic E-state index is 13.0. The molecule has 0 aromatic carbocycles. The third-order valence-electron chi connectivity index (χ3n) is 11.1. The lowest BCUT2D eigenvalue weighted by atomic mass is 10.0. The van der Waals surface area contributed by atoms with Gasteiger partial charge in [-0.2, -0.15) is 0 Å². The number of esters is 3. The lowest BCUT2D eigenvalue weighted by Crippen LogP contribution is -2.40. The average Bonchev–Trinajstić information content (AvgIpc) is 3.53. The molecule has 8 heteroatoms. The van der Waals surface area contributed by atoms with E-state index in [2.05, 4.69) is 13.8 Å². The van der Waals surface area contributed by atoms with Crippen molar-refractivity contribution in [2.45, 2.75) is 250 Å². The second-order valence-corrected chi connectivity index (χ2v) is 16.8. The molecule has 0 saturated carbocycles. The Morgan fingerprint density at radius 1 is 0.473 bits per heavy atom. The van der Waals surface area contributed by atoms with Gasteiger partial charge in [-0.05, 0) is 39.9 Å². The Balaban J connectivity index is 2.31. The van der Waals surface area contributed by atoms with Crippen molar-refractivity contribution in [1.29, 1.82) is 0 Å². The molecule has 0 amide bonds. The van der Waals surface area contributed by atoms with Crippen LogP contribution in [-0.2, 0) is 33.3 Å². The van der Waals surface area contributed by atoms with Crippen molar-refractivity contribution < 1.29 is 33.3 Å². The van der Waals surface area contributed by atoms with E-state index >= 15 is 0 Å². The molecule has 55 heavy (non-hydrogen) atoms. The second-order valence-electron chi connectivity index (χ2n) is 16.8. The number of ether oxygens (including phenoxy) is 4. The minimum Gasteiger partial charge on any atom is -0.463 e. The lowest BCUT2D eigenvalue weighted by molar-refractivity contribution is -0.168. The monoisotopic (exact) mass is 780 g/mol. The minimum absolute atomic E-state index is 0.0230. The van der Waals surface area contributed by atoms with Gasteiger partial charge in [-0.3, -0.25) is 14.4 Å². The Morgan fingerprint density at radius 3 is 1.20 bits per heavy atom. The van der Waals surface area contributed by atoms with Gasteiger partial charge in [-0.25, -0.2) is 0 Å². The van der Waals surface area contributed by atoms with E-state index < -0.39 is 18.3 Å². The van der Waals surface area contributed by atoms with Gasteiger partial charge in [-0.1, -0.05) is 194 Å². The molecule has 1 heterocycles. The molecule has 1 saturated heterocycles. The summed E-state index contributed by atoms with van der Waals surface area (Å²) < 4.78 is 23.1. The predicted molar refractivity (Wildman–Crippen MR) is 227 cm³/mol. The van der Waals surface area contributed by atoms with Gasteiger partial charge in [0.05, 0.1) is 6.61 Å². The Morgan fingerprint density at radius 2 is 0.818 bits per heavy atom. The molecule has 1 rings (SSSR count). The van der Waals surface area contributed by atoms with Crippen LogP contribution in [0.1, 0.15) is 232 Å². The number of hydrogen-bond donors (Lipinski definition) is 0. The molecule has 0 bridgehead atoms. The first-order chi connectivity index (χ1) is 26.9. The maximum Gasteiger partial charge on any atom is 0.306 e. The van der Waals surface area contributed by atoms with Crippen LogP contribution in [0.25, 0.3) is 0 Å². The highest BCUT2D eigenvalue weighted by Crippen LogP contribution is 2.24. The van der Waals surface area contributed by atoms with Crippen LogP contribution in [0.2, 0.25) is 0 Å². The molecule has 0 spiro atoms.